The standard InChI is InChI=1S/C20H15F5N6O/c21-19(22)30-10-12(9-28-30)15-5-6-27-18-16(15)17(11-7-26-8-11)29-31(18)13-1-3-14(4-2-13)32-20(23,24)25/h1-6,9-11,19,26H,7-8H2. The summed E-state index contributed by atoms with van der Waals surface area (Å²) in [4.78, 5) is 4.42. The van der Waals surface area contributed by atoms with Crippen LogP contribution in [0.2, 0.25) is 0 Å². The molecule has 0 amide bonds. The molecule has 0 aliphatic carbocycles. The summed E-state index contributed by atoms with van der Waals surface area (Å²) in [5, 5.41) is 12.3. The topological polar surface area (TPSA) is 69.8 Å². The summed E-state index contributed by atoms with van der Waals surface area (Å²) in [6.45, 7) is -1.39. The Balaban J connectivity index is 1.63. The molecule has 1 aliphatic heterocycles. The van der Waals surface area contributed by atoms with Gasteiger partial charge in [0.15, 0.2) is 5.65 Å². The van der Waals surface area contributed by atoms with Crippen LogP contribution >= 0.6 is 0 Å². The third-order valence-corrected chi connectivity index (χ3v) is 5.19. The van der Waals surface area contributed by atoms with Crippen molar-refractivity contribution in [2.45, 2.75) is 18.8 Å². The van der Waals surface area contributed by atoms with E-state index in [0.717, 1.165) is 5.69 Å². The van der Waals surface area contributed by atoms with Crippen LogP contribution in [0.25, 0.3) is 27.8 Å². The van der Waals surface area contributed by atoms with Crippen molar-refractivity contribution in [3.05, 3.63) is 54.6 Å². The molecule has 1 aromatic carbocycles. The predicted molar refractivity (Wildman–Crippen MR) is 104 cm³/mol. The van der Waals surface area contributed by atoms with Crippen molar-refractivity contribution < 1.29 is 26.7 Å². The number of benzene rings is 1. The number of fused-ring (bicyclic) bond motifs is 1. The minimum Gasteiger partial charge on any atom is -0.406 e. The molecule has 32 heavy (non-hydrogen) atoms. The highest BCUT2D eigenvalue weighted by molar-refractivity contribution is 5.95. The summed E-state index contributed by atoms with van der Waals surface area (Å²) in [5.74, 6) is -0.270. The average molecular weight is 450 g/mol. The first-order chi connectivity index (χ1) is 15.3. The summed E-state index contributed by atoms with van der Waals surface area (Å²) in [5.41, 5.74) is 2.80. The number of pyridine rings is 1. The molecule has 3 aromatic heterocycles. The van der Waals surface area contributed by atoms with Crippen LogP contribution in [0.15, 0.2) is 48.9 Å². The van der Waals surface area contributed by atoms with Crippen molar-refractivity contribution in [3.63, 3.8) is 0 Å². The van der Waals surface area contributed by atoms with Crippen molar-refractivity contribution in [1.82, 2.24) is 29.9 Å². The maximum atomic E-state index is 13.0. The zero-order valence-corrected chi connectivity index (χ0v) is 16.2. The van der Waals surface area contributed by atoms with E-state index in [0.29, 0.717) is 45.6 Å². The summed E-state index contributed by atoms with van der Waals surface area (Å²) >= 11 is 0. The van der Waals surface area contributed by atoms with Gasteiger partial charge in [-0.2, -0.15) is 19.0 Å². The van der Waals surface area contributed by atoms with Crippen LogP contribution in [-0.4, -0.2) is 44.0 Å². The van der Waals surface area contributed by atoms with Gasteiger partial charge in [0.25, 0.3) is 0 Å². The van der Waals surface area contributed by atoms with Crippen LogP contribution in [0.3, 0.4) is 0 Å². The average Bonchev–Trinajstić information content (AvgIpc) is 3.32. The third-order valence-electron chi connectivity index (χ3n) is 5.19. The molecule has 4 aromatic rings. The fourth-order valence-electron chi connectivity index (χ4n) is 3.63. The lowest BCUT2D eigenvalue weighted by molar-refractivity contribution is -0.274. The van der Waals surface area contributed by atoms with Gasteiger partial charge < -0.3 is 10.1 Å². The van der Waals surface area contributed by atoms with Crippen LogP contribution in [0.1, 0.15) is 18.2 Å². The molecule has 0 radical (unpaired) electrons. The summed E-state index contributed by atoms with van der Waals surface area (Å²) in [6.07, 6.45) is -0.657. The Hall–Kier alpha value is -3.54. The normalized spacial score (nSPS) is 14.8. The Kier molecular flexibility index (Phi) is 4.81. The highest BCUT2D eigenvalue weighted by atomic mass is 19.4. The zero-order valence-electron chi connectivity index (χ0n) is 16.2. The monoisotopic (exact) mass is 450 g/mol. The Bertz CT molecular complexity index is 1260. The molecule has 0 unspecified atom stereocenters. The number of rotatable bonds is 5. The molecule has 4 heterocycles. The maximum Gasteiger partial charge on any atom is 0.573 e. The Morgan fingerprint density at radius 2 is 1.84 bits per heavy atom. The highest BCUT2D eigenvalue weighted by Crippen LogP contribution is 2.36. The van der Waals surface area contributed by atoms with Crippen molar-refractivity contribution in [1.29, 1.82) is 0 Å². The lowest BCUT2D eigenvalue weighted by Gasteiger charge is -2.25. The molecule has 1 aliphatic rings. The molecule has 12 heteroatoms. The minimum absolute atomic E-state index is 0.0830. The first-order valence-electron chi connectivity index (χ1n) is 9.57. The summed E-state index contributed by atoms with van der Waals surface area (Å²) < 4.78 is 69.4. The molecule has 0 spiro atoms. The van der Waals surface area contributed by atoms with Crippen molar-refractivity contribution >= 4 is 11.0 Å². The molecule has 1 fully saturated rings. The largest absolute Gasteiger partial charge is 0.573 e. The lowest BCUT2D eigenvalue weighted by Crippen LogP contribution is -2.40. The molecule has 5 rings (SSSR count). The van der Waals surface area contributed by atoms with E-state index < -0.39 is 12.9 Å². The van der Waals surface area contributed by atoms with Crippen LogP contribution in [-0.2, 0) is 0 Å². The Labute approximate surface area is 177 Å². The van der Waals surface area contributed by atoms with Gasteiger partial charge in [-0.05, 0) is 35.9 Å². The van der Waals surface area contributed by atoms with Gasteiger partial charge in [0, 0.05) is 37.0 Å². The molecule has 7 nitrogen and oxygen atoms in total. The van der Waals surface area contributed by atoms with E-state index in [1.54, 1.807) is 6.07 Å². The Morgan fingerprint density at radius 3 is 2.44 bits per heavy atom. The van der Waals surface area contributed by atoms with Gasteiger partial charge in [-0.25, -0.2) is 14.3 Å². The fraction of sp³-hybridized carbons (Fsp3) is 0.250. The van der Waals surface area contributed by atoms with Gasteiger partial charge in [0.2, 0.25) is 0 Å². The van der Waals surface area contributed by atoms with E-state index in [2.05, 4.69) is 25.2 Å². The number of hydrogen-bond donors (Lipinski definition) is 1. The maximum absolute atomic E-state index is 13.0. The van der Waals surface area contributed by atoms with Crippen LogP contribution in [0, 0.1) is 0 Å². The molecule has 0 saturated carbocycles. The molecular formula is C20H15F5N6O. The van der Waals surface area contributed by atoms with Gasteiger partial charge in [-0.3, -0.25) is 0 Å². The highest BCUT2D eigenvalue weighted by Gasteiger charge is 2.31. The Morgan fingerprint density at radius 1 is 1.09 bits per heavy atom. The van der Waals surface area contributed by atoms with Crippen LogP contribution in [0.4, 0.5) is 22.0 Å². The van der Waals surface area contributed by atoms with E-state index in [1.807, 2.05) is 0 Å². The number of nitrogens with one attached hydrogen (secondary N) is 1. The summed E-state index contributed by atoms with van der Waals surface area (Å²) in [6, 6.07) is 6.98. The van der Waals surface area contributed by atoms with Crippen LogP contribution in [0.5, 0.6) is 5.75 Å². The quantitative estimate of drug-likeness (QED) is 0.460. The number of aromatic nitrogens is 5. The molecule has 166 valence electrons. The van der Waals surface area contributed by atoms with Gasteiger partial charge in [0.1, 0.15) is 5.75 Å². The van der Waals surface area contributed by atoms with E-state index in [1.165, 1.54) is 47.5 Å². The predicted octanol–water partition coefficient (Wildman–Crippen LogP) is 4.26. The third kappa shape index (κ3) is 3.66. The number of alkyl halides is 5. The van der Waals surface area contributed by atoms with Crippen molar-refractivity contribution in [2.24, 2.45) is 0 Å². The number of ether oxygens (including phenoxy) is 1. The SMILES string of the molecule is FC(F)n1cc(-c2ccnc3c2c(C2CNC2)nn3-c2ccc(OC(F)(F)F)cc2)cn1. The van der Waals surface area contributed by atoms with E-state index in [-0.39, 0.29) is 11.7 Å². The van der Waals surface area contributed by atoms with Crippen molar-refractivity contribution in [2.75, 3.05) is 13.1 Å². The van der Waals surface area contributed by atoms with Crippen LogP contribution < -0.4 is 10.1 Å². The molecular weight excluding hydrogens is 435 g/mol. The van der Waals surface area contributed by atoms with Gasteiger partial charge >= 0.3 is 12.9 Å². The first kappa shape index (κ1) is 20.4. The fourth-order valence-corrected chi connectivity index (χ4v) is 3.63. The van der Waals surface area contributed by atoms with Gasteiger partial charge in [-0.15, -0.1) is 13.2 Å². The number of halogens is 5. The molecule has 0 bridgehead atoms. The van der Waals surface area contributed by atoms with E-state index >= 15 is 0 Å². The zero-order chi connectivity index (χ0) is 22.5. The van der Waals surface area contributed by atoms with E-state index in [9.17, 15) is 22.0 Å². The summed E-state index contributed by atoms with van der Waals surface area (Å²) in [7, 11) is 0. The second kappa shape index (κ2) is 7.55. The van der Waals surface area contributed by atoms with E-state index in [4.69, 9.17) is 0 Å². The number of nitrogens with zero attached hydrogens (tertiary/aromatic N) is 5. The smallest absolute Gasteiger partial charge is 0.406 e. The first-order valence-corrected chi connectivity index (χ1v) is 9.57. The molecule has 1 N–H and O–H groups in total. The number of hydrogen-bond acceptors (Lipinski definition) is 5. The van der Waals surface area contributed by atoms with Gasteiger partial charge in [-0.1, -0.05) is 0 Å². The second-order valence-electron chi connectivity index (χ2n) is 7.24. The second-order valence-corrected chi connectivity index (χ2v) is 7.24. The van der Waals surface area contributed by atoms with Gasteiger partial charge in [0.05, 0.1) is 23.0 Å². The molecule has 0 atom stereocenters. The minimum atomic E-state index is -4.79. The lowest BCUT2D eigenvalue weighted by atomic mass is 9.94. The van der Waals surface area contributed by atoms with Crippen molar-refractivity contribution in [3.8, 4) is 22.6 Å². The molecule has 1 saturated heterocycles.